The van der Waals surface area contributed by atoms with E-state index in [2.05, 4.69) is 58.6 Å². The van der Waals surface area contributed by atoms with Crippen LogP contribution in [0.4, 0.5) is 5.69 Å². The zero-order valence-electron chi connectivity index (χ0n) is 15.5. The lowest BCUT2D eigenvalue weighted by molar-refractivity contribution is -0.117. The van der Waals surface area contributed by atoms with Gasteiger partial charge >= 0.3 is 0 Å². The number of fused-ring (bicyclic) bond motifs is 2. The number of benzene rings is 1. The first kappa shape index (κ1) is 18.5. The number of hydrogen-bond acceptors (Lipinski definition) is 3. The Morgan fingerprint density at radius 2 is 1.88 bits per heavy atom. The SMILES string of the molecule is CC(=O)Cn1c(C)c(C)c2nccc(N3CCc4ccccc4C3)c21.Cl. The van der Waals surface area contributed by atoms with Crippen LogP contribution in [0.3, 0.4) is 0 Å². The fraction of sp³-hybridized carbons (Fsp3) is 0.333. The Hall–Kier alpha value is -2.33. The van der Waals surface area contributed by atoms with E-state index in [0.29, 0.717) is 6.54 Å². The van der Waals surface area contributed by atoms with E-state index in [-0.39, 0.29) is 18.2 Å². The second-order valence-electron chi connectivity index (χ2n) is 6.97. The molecule has 0 unspecified atom stereocenters. The van der Waals surface area contributed by atoms with Crippen LogP contribution in [0.25, 0.3) is 11.0 Å². The quantitative estimate of drug-likeness (QED) is 0.693. The third-order valence-electron chi connectivity index (χ3n) is 5.33. The lowest BCUT2D eigenvalue weighted by Gasteiger charge is -2.31. The van der Waals surface area contributed by atoms with Gasteiger partial charge in [0.25, 0.3) is 0 Å². The van der Waals surface area contributed by atoms with Gasteiger partial charge in [0.2, 0.25) is 0 Å². The fourth-order valence-electron chi connectivity index (χ4n) is 3.90. The molecule has 26 heavy (non-hydrogen) atoms. The number of carbonyl (C=O) groups is 1. The molecule has 0 aliphatic carbocycles. The Labute approximate surface area is 160 Å². The number of pyridine rings is 1. The maximum atomic E-state index is 11.8. The van der Waals surface area contributed by atoms with Crippen LogP contribution in [-0.4, -0.2) is 21.9 Å². The normalized spacial score (nSPS) is 13.4. The first-order chi connectivity index (χ1) is 12.1. The molecule has 0 amide bonds. The number of nitrogens with zero attached hydrogens (tertiary/aromatic N) is 3. The molecule has 0 bridgehead atoms. The molecule has 5 heteroatoms. The van der Waals surface area contributed by atoms with E-state index in [1.54, 1.807) is 6.92 Å². The highest BCUT2D eigenvalue weighted by Gasteiger charge is 2.22. The van der Waals surface area contributed by atoms with Crippen molar-refractivity contribution < 1.29 is 4.79 Å². The highest BCUT2D eigenvalue weighted by Crippen LogP contribution is 2.34. The van der Waals surface area contributed by atoms with E-state index in [1.165, 1.54) is 16.8 Å². The van der Waals surface area contributed by atoms with Gasteiger partial charge in [0.15, 0.2) is 0 Å². The zero-order valence-corrected chi connectivity index (χ0v) is 16.3. The first-order valence-corrected chi connectivity index (χ1v) is 8.82. The second kappa shape index (κ2) is 7.12. The molecule has 0 fully saturated rings. The predicted octanol–water partition coefficient (Wildman–Crippen LogP) is 4.23. The van der Waals surface area contributed by atoms with E-state index in [0.717, 1.165) is 41.8 Å². The smallest absolute Gasteiger partial charge is 0.149 e. The van der Waals surface area contributed by atoms with Gasteiger partial charge in [-0.2, -0.15) is 0 Å². The van der Waals surface area contributed by atoms with Gasteiger partial charge in [0.1, 0.15) is 5.78 Å². The number of rotatable bonds is 3. The van der Waals surface area contributed by atoms with E-state index in [9.17, 15) is 4.79 Å². The van der Waals surface area contributed by atoms with Crippen LogP contribution in [-0.2, 0) is 24.3 Å². The van der Waals surface area contributed by atoms with Crippen molar-refractivity contribution in [1.29, 1.82) is 0 Å². The Balaban J connectivity index is 0.00000196. The highest BCUT2D eigenvalue weighted by molar-refractivity contribution is 5.93. The first-order valence-electron chi connectivity index (χ1n) is 8.82. The molecule has 0 atom stereocenters. The Morgan fingerprint density at radius 1 is 1.15 bits per heavy atom. The van der Waals surface area contributed by atoms with Gasteiger partial charge in [-0.15, -0.1) is 12.4 Å². The summed E-state index contributed by atoms with van der Waals surface area (Å²) in [5.41, 5.74) is 8.39. The largest absolute Gasteiger partial charge is 0.365 e. The van der Waals surface area contributed by atoms with Crippen molar-refractivity contribution in [1.82, 2.24) is 9.55 Å². The molecule has 0 saturated carbocycles. The lowest BCUT2D eigenvalue weighted by Crippen LogP contribution is -2.30. The van der Waals surface area contributed by atoms with Crippen molar-refractivity contribution in [2.45, 2.75) is 40.3 Å². The van der Waals surface area contributed by atoms with Gasteiger partial charge in [-0.05, 0) is 49.9 Å². The third-order valence-corrected chi connectivity index (χ3v) is 5.33. The Morgan fingerprint density at radius 3 is 2.62 bits per heavy atom. The number of carbonyl (C=O) groups excluding carboxylic acids is 1. The van der Waals surface area contributed by atoms with Crippen LogP contribution in [0.2, 0.25) is 0 Å². The number of Topliss-reactive ketones (excluding diaryl/α,β-unsaturated/α-hetero) is 1. The summed E-state index contributed by atoms with van der Waals surface area (Å²) in [5, 5.41) is 0. The van der Waals surface area contributed by atoms with Gasteiger partial charge in [-0.25, -0.2) is 0 Å². The van der Waals surface area contributed by atoms with E-state index in [1.807, 2.05) is 6.20 Å². The maximum Gasteiger partial charge on any atom is 0.149 e. The minimum absolute atomic E-state index is 0. The molecule has 1 aliphatic rings. The van der Waals surface area contributed by atoms with Gasteiger partial charge < -0.3 is 9.47 Å². The molecule has 0 radical (unpaired) electrons. The Bertz CT molecular complexity index is 977. The van der Waals surface area contributed by atoms with Crippen molar-refractivity contribution in [3.05, 3.63) is 58.9 Å². The summed E-state index contributed by atoms with van der Waals surface area (Å²) in [6, 6.07) is 10.7. The molecule has 1 aliphatic heterocycles. The van der Waals surface area contributed by atoms with Crippen molar-refractivity contribution in [3.8, 4) is 0 Å². The van der Waals surface area contributed by atoms with Crippen molar-refractivity contribution in [3.63, 3.8) is 0 Å². The number of hydrogen-bond donors (Lipinski definition) is 0. The standard InChI is InChI=1S/C21H23N3O.ClH/c1-14(25)12-24-16(3)15(2)20-21(24)19(8-10-22-20)23-11-9-17-6-4-5-7-18(17)13-23;/h4-8,10H,9,11-13H2,1-3H3;1H. The molecule has 1 aromatic carbocycles. The molecule has 4 nitrogen and oxygen atoms in total. The molecule has 136 valence electrons. The van der Waals surface area contributed by atoms with Crippen molar-refractivity contribution in [2.75, 3.05) is 11.4 Å². The average Bonchev–Trinajstić information content (AvgIpc) is 2.86. The molecular weight excluding hydrogens is 346 g/mol. The molecular formula is C21H24ClN3O. The summed E-state index contributed by atoms with van der Waals surface area (Å²) < 4.78 is 2.13. The molecule has 4 rings (SSSR count). The molecule has 3 aromatic rings. The summed E-state index contributed by atoms with van der Waals surface area (Å²) in [6.45, 7) is 8.11. The fourth-order valence-corrected chi connectivity index (χ4v) is 3.90. The number of anilines is 1. The average molecular weight is 370 g/mol. The van der Waals surface area contributed by atoms with E-state index in [4.69, 9.17) is 0 Å². The van der Waals surface area contributed by atoms with E-state index >= 15 is 0 Å². The number of halogens is 1. The monoisotopic (exact) mass is 369 g/mol. The topological polar surface area (TPSA) is 38.1 Å². The highest BCUT2D eigenvalue weighted by atomic mass is 35.5. The van der Waals surface area contributed by atoms with Crippen LogP contribution in [0.1, 0.15) is 29.3 Å². The van der Waals surface area contributed by atoms with E-state index < -0.39 is 0 Å². The van der Waals surface area contributed by atoms with Gasteiger partial charge in [0, 0.05) is 25.0 Å². The number of aryl methyl sites for hydroxylation is 1. The third kappa shape index (κ3) is 2.99. The van der Waals surface area contributed by atoms with Crippen LogP contribution < -0.4 is 4.90 Å². The molecule has 0 saturated heterocycles. The van der Waals surface area contributed by atoms with Crippen LogP contribution in [0, 0.1) is 13.8 Å². The lowest BCUT2D eigenvalue weighted by atomic mass is 9.99. The molecule has 2 aromatic heterocycles. The van der Waals surface area contributed by atoms with Crippen molar-refractivity contribution >= 4 is 34.9 Å². The van der Waals surface area contributed by atoms with Gasteiger partial charge in [-0.3, -0.25) is 9.78 Å². The predicted molar refractivity (Wildman–Crippen MR) is 108 cm³/mol. The summed E-state index contributed by atoms with van der Waals surface area (Å²) >= 11 is 0. The summed E-state index contributed by atoms with van der Waals surface area (Å²) in [6.07, 6.45) is 2.94. The molecule has 3 heterocycles. The van der Waals surface area contributed by atoms with Gasteiger partial charge in [-0.1, -0.05) is 24.3 Å². The maximum absolute atomic E-state index is 11.8. The van der Waals surface area contributed by atoms with Crippen LogP contribution >= 0.6 is 12.4 Å². The Kier molecular flexibility index (Phi) is 5.05. The van der Waals surface area contributed by atoms with Crippen LogP contribution in [0.15, 0.2) is 36.5 Å². The van der Waals surface area contributed by atoms with Crippen molar-refractivity contribution in [2.24, 2.45) is 0 Å². The van der Waals surface area contributed by atoms with Crippen LogP contribution in [0.5, 0.6) is 0 Å². The minimum atomic E-state index is 0. The number of ketones is 1. The number of aromatic nitrogens is 2. The molecule has 0 spiro atoms. The summed E-state index contributed by atoms with van der Waals surface area (Å²) in [4.78, 5) is 18.8. The zero-order chi connectivity index (χ0) is 17.6. The van der Waals surface area contributed by atoms with Gasteiger partial charge in [0.05, 0.1) is 23.3 Å². The summed E-state index contributed by atoms with van der Waals surface area (Å²) in [5.74, 6) is 0.166. The molecule has 0 N–H and O–H groups in total. The summed E-state index contributed by atoms with van der Waals surface area (Å²) in [7, 11) is 0. The minimum Gasteiger partial charge on any atom is -0.365 e. The second-order valence-corrected chi connectivity index (χ2v) is 6.97.